The number of carbonyl (C=O) groups excluding carboxylic acids is 1. The summed E-state index contributed by atoms with van der Waals surface area (Å²) < 4.78 is 1.18. The molecule has 3 nitrogen and oxygen atoms in total. The van der Waals surface area contributed by atoms with Crippen LogP contribution in [-0.4, -0.2) is 29.1 Å². The first kappa shape index (κ1) is 18.6. The van der Waals surface area contributed by atoms with Crippen LogP contribution < -0.4 is 0 Å². The number of rotatable bonds is 5. The van der Waals surface area contributed by atoms with E-state index in [1.807, 2.05) is 44.2 Å². The van der Waals surface area contributed by atoms with E-state index in [2.05, 4.69) is 17.1 Å². The minimum atomic E-state index is 0.0417. The van der Waals surface area contributed by atoms with E-state index in [1.54, 1.807) is 28.0 Å². The lowest BCUT2D eigenvalue weighted by molar-refractivity contribution is -0.122. The van der Waals surface area contributed by atoms with Crippen LogP contribution in [0.4, 0.5) is 0 Å². The molecule has 3 rings (SSSR count). The van der Waals surface area contributed by atoms with E-state index in [1.165, 1.54) is 16.0 Å². The Labute approximate surface area is 165 Å². The normalized spacial score (nSPS) is 17.9. The Morgan fingerprint density at radius 1 is 1.20 bits per heavy atom. The SMILES string of the molecule is CCN=C1S/C(=C/c2ccc(Sc3ccc(Cl)cc3)s2)C(=O)N1CC. The van der Waals surface area contributed by atoms with Crippen LogP contribution in [0.1, 0.15) is 18.7 Å². The third kappa shape index (κ3) is 4.50. The summed E-state index contributed by atoms with van der Waals surface area (Å²) in [4.78, 5) is 21.6. The van der Waals surface area contributed by atoms with Crippen LogP contribution in [0.15, 0.2) is 55.4 Å². The molecule has 1 fully saturated rings. The van der Waals surface area contributed by atoms with Gasteiger partial charge in [-0.2, -0.15) is 0 Å². The Hall–Kier alpha value is -1.21. The Morgan fingerprint density at radius 3 is 2.64 bits per heavy atom. The fourth-order valence-corrected chi connectivity index (χ4v) is 5.62. The molecule has 1 aliphatic rings. The van der Waals surface area contributed by atoms with Gasteiger partial charge in [0.05, 0.1) is 9.11 Å². The fourth-order valence-electron chi connectivity index (χ4n) is 2.25. The molecule has 0 spiro atoms. The summed E-state index contributed by atoms with van der Waals surface area (Å²) in [6.07, 6.45) is 1.96. The summed E-state index contributed by atoms with van der Waals surface area (Å²) in [5, 5.41) is 1.54. The van der Waals surface area contributed by atoms with Crippen molar-refractivity contribution >= 4 is 63.6 Å². The van der Waals surface area contributed by atoms with Crippen LogP contribution in [0.5, 0.6) is 0 Å². The number of hydrogen-bond acceptors (Lipinski definition) is 5. The van der Waals surface area contributed by atoms with Crippen molar-refractivity contribution in [1.82, 2.24) is 4.90 Å². The summed E-state index contributed by atoms with van der Waals surface area (Å²) in [5.74, 6) is 0.0417. The highest BCUT2D eigenvalue weighted by Gasteiger charge is 2.31. The second-order valence-electron chi connectivity index (χ2n) is 5.13. The predicted octanol–water partition coefficient (Wildman–Crippen LogP) is 5.86. The lowest BCUT2D eigenvalue weighted by Gasteiger charge is -2.11. The number of carbonyl (C=O) groups is 1. The predicted molar refractivity (Wildman–Crippen MR) is 111 cm³/mol. The minimum absolute atomic E-state index is 0.0417. The summed E-state index contributed by atoms with van der Waals surface area (Å²) in [6, 6.07) is 11.9. The summed E-state index contributed by atoms with van der Waals surface area (Å²) in [5.41, 5.74) is 0. The third-order valence-corrected chi connectivity index (χ3v) is 6.87. The standard InChI is InChI=1S/C18H17ClN2OS3/c1-3-20-18-21(4-2)17(22)15(25-18)11-14-9-10-16(24-14)23-13-7-5-12(19)6-8-13/h5-11H,3-4H2,1-2H3/b15-11+,20-18?. The second kappa shape index (κ2) is 8.45. The molecule has 0 N–H and O–H groups in total. The van der Waals surface area contributed by atoms with Crippen LogP contribution in [0.2, 0.25) is 5.02 Å². The van der Waals surface area contributed by atoms with Gasteiger partial charge in [0.15, 0.2) is 5.17 Å². The number of amides is 1. The van der Waals surface area contributed by atoms with Gasteiger partial charge in [-0.25, -0.2) is 0 Å². The van der Waals surface area contributed by atoms with Gasteiger partial charge in [0, 0.05) is 27.9 Å². The van der Waals surface area contributed by atoms with Crippen LogP contribution in [0.3, 0.4) is 0 Å². The van der Waals surface area contributed by atoms with Gasteiger partial charge in [-0.05, 0) is 68.1 Å². The largest absolute Gasteiger partial charge is 0.287 e. The van der Waals surface area contributed by atoms with E-state index in [0.717, 1.165) is 24.9 Å². The van der Waals surface area contributed by atoms with E-state index in [-0.39, 0.29) is 5.91 Å². The number of benzene rings is 1. The zero-order valence-corrected chi connectivity index (χ0v) is 17.1. The highest BCUT2D eigenvalue weighted by atomic mass is 35.5. The summed E-state index contributed by atoms with van der Waals surface area (Å²) in [6.45, 7) is 5.27. The first-order chi connectivity index (χ1) is 12.1. The van der Waals surface area contributed by atoms with Gasteiger partial charge in [0.2, 0.25) is 0 Å². The van der Waals surface area contributed by atoms with Crippen molar-refractivity contribution in [2.45, 2.75) is 23.0 Å². The lowest BCUT2D eigenvalue weighted by Crippen LogP contribution is -2.28. The van der Waals surface area contributed by atoms with E-state index in [4.69, 9.17) is 11.6 Å². The number of aliphatic imine (C=N–C) groups is 1. The molecule has 1 saturated heterocycles. The molecule has 0 radical (unpaired) electrons. The molecule has 1 aromatic heterocycles. The van der Waals surface area contributed by atoms with E-state index < -0.39 is 0 Å². The average molecular weight is 409 g/mol. The molecule has 0 unspecified atom stereocenters. The fraction of sp³-hybridized carbons (Fsp3) is 0.222. The van der Waals surface area contributed by atoms with Gasteiger partial charge < -0.3 is 0 Å². The molecule has 0 aliphatic carbocycles. The molecule has 1 amide bonds. The topological polar surface area (TPSA) is 32.7 Å². The molecule has 7 heteroatoms. The molecule has 1 aromatic carbocycles. The lowest BCUT2D eigenvalue weighted by atomic mass is 10.4. The molecule has 2 aromatic rings. The average Bonchev–Trinajstić information content (AvgIpc) is 3.15. The third-order valence-electron chi connectivity index (χ3n) is 3.41. The quantitative estimate of drug-likeness (QED) is 0.580. The molecular weight excluding hydrogens is 392 g/mol. The van der Waals surface area contributed by atoms with Crippen molar-refractivity contribution in [1.29, 1.82) is 0 Å². The van der Waals surface area contributed by atoms with Crippen molar-refractivity contribution < 1.29 is 4.79 Å². The monoisotopic (exact) mass is 408 g/mol. The van der Waals surface area contributed by atoms with Gasteiger partial charge in [0.25, 0.3) is 5.91 Å². The van der Waals surface area contributed by atoms with Crippen LogP contribution in [0, 0.1) is 0 Å². The first-order valence-corrected chi connectivity index (χ1v) is 10.7. The number of thioether (sulfide) groups is 1. The van der Waals surface area contributed by atoms with Crippen LogP contribution in [0.25, 0.3) is 6.08 Å². The van der Waals surface area contributed by atoms with Crippen molar-refractivity contribution in [2.24, 2.45) is 4.99 Å². The van der Waals surface area contributed by atoms with E-state index >= 15 is 0 Å². The Kier molecular flexibility index (Phi) is 6.28. The first-order valence-electron chi connectivity index (χ1n) is 7.89. The Morgan fingerprint density at radius 2 is 1.96 bits per heavy atom. The maximum Gasteiger partial charge on any atom is 0.266 e. The minimum Gasteiger partial charge on any atom is -0.287 e. The molecule has 25 heavy (non-hydrogen) atoms. The number of halogens is 1. The van der Waals surface area contributed by atoms with Crippen LogP contribution >= 0.6 is 46.5 Å². The van der Waals surface area contributed by atoms with Gasteiger partial charge in [-0.15, -0.1) is 11.3 Å². The smallest absolute Gasteiger partial charge is 0.266 e. The van der Waals surface area contributed by atoms with Crippen molar-refractivity contribution in [3.8, 4) is 0 Å². The maximum absolute atomic E-state index is 12.5. The zero-order valence-electron chi connectivity index (χ0n) is 13.9. The Bertz CT molecular complexity index is 827. The van der Waals surface area contributed by atoms with Gasteiger partial charge >= 0.3 is 0 Å². The number of nitrogens with zero attached hydrogens (tertiary/aromatic N) is 2. The summed E-state index contributed by atoms with van der Waals surface area (Å²) >= 11 is 10.7. The second-order valence-corrected chi connectivity index (χ2v) is 9.06. The molecule has 130 valence electrons. The van der Waals surface area contributed by atoms with Gasteiger partial charge in [-0.1, -0.05) is 23.4 Å². The highest BCUT2D eigenvalue weighted by Crippen LogP contribution is 2.37. The number of amidine groups is 1. The highest BCUT2D eigenvalue weighted by molar-refractivity contribution is 8.18. The van der Waals surface area contributed by atoms with Gasteiger partial charge in [-0.3, -0.25) is 14.7 Å². The molecule has 1 aliphatic heterocycles. The zero-order chi connectivity index (χ0) is 17.8. The number of likely N-dealkylation sites (N-methyl/N-ethyl adjacent to an activating group) is 1. The molecule has 0 saturated carbocycles. The number of hydrogen-bond donors (Lipinski definition) is 0. The van der Waals surface area contributed by atoms with E-state index in [9.17, 15) is 4.79 Å². The van der Waals surface area contributed by atoms with Gasteiger partial charge in [0.1, 0.15) is 0 Å². The molecule has 2 heterocycles. The van der Waals surface area contributed by atoms with Crippen LogP contribution in [-0.2, 0) is 4.79 Å². The summed E-state index contributed by atoms with van der Waals surface area (Å²) in [7, 11) is 0. The van der Waals surface area contributed by atoms with Crippen molar-refractivity contribution in [3.63, 3.8) is 0 Å². The maximum atomic E-state index is 12.5. The molecule has 0 atom stereocenters. The van der Waals surface area contributed by atoms with Crippen molar-refractivity contribution in [3.05, 3.63) is 51.2 Å². The van der Waals surface area contributed by atoms with E-state index in [0.29, 0.717) is 13.1 Å². The molecular formula is C18H17ClN2OS3. The van der Waals surface area contributed by atoms with Crippen molar-refractivity contribution in [2.75, 3.05) is 13.1 Å². The Balaban J connectivity index is 1.76. The molecule has 0 bridgehead atoms. The number of thiophene rings is 1.